The van der Waals surface area contributed by atoms with Crippen molar-refractivity contribution in [1.29, 1.82) is 0 Å². The number of benzene rings is 3. The lowest BCUT2D eigenvalue weighted by atomic mass is 10.1. The second kappa shape index (κ2) is 17.0. The summed E-state index contributed by atoms with van der Waals surface area (Å²) in [6.45, 7) is 2.20. The third kappa shape index (κ3) is 11.0. The molecule has 0 radical (unpaired) electrons. The maximum atomic E-state index is 12.0. The van der Waals surface area contributed by atoms with Crippen LogP contribution in [-0.2, 0) is 20.7 Å². The van der Waals surface area contributed by atoms with E-state index in [1.165, 1.54) is 0 Å². The average molecular weight is 587 g/mol. The Balaban J connectivity index is 1.23. The molecule has 4 rings (SSSR count). The van der Waals surface area contributed by atoms with Crippen LogP contribution in [0.25, 0.3) is 0 Å². The van der Waals surface area contributed by atoms with Crippen molar-refractivity contribution in [2.45, 2.75) is 12.5 Å². The summed E-state index contributed by atoms with van der Waals surface area (Å²) in [5.41, 5.74) is 1.46. The fourth-order valence-electron chi connectivity index (χ4n) is 3.83. The van der Waals surface area contributed by atoms with E-state index >= 15 is 0 Å². The third-order valence-electron chi connectivity index (χ3n) is 5.92. The van der Waals surface area contributed by atoms with Gasteiger partial charge in [0.25, 0.3) is 5.91 Å². The second-order valence-corrected chi connectivity index (χ2v) is 9.18. The molecule has 0 saturated carbocycles. The number of aliphatic carboxylic acids is 1. The first-order valence-corrected chi connectivity index (χ1v) is 13.8. The number of nitrogens with one attached hydrogen (secondary N) is 3. The Morgan fingerprint density at radius 1 is 0.721 bits per heavy atom. The van der Waals surface area contributed by atoms with Gasteiger partial charge in [0.15, 0.2) is 0 Å². The largest absolute Gasteiger partial charge is 0.480 e. The number of anilines is 2. The number of carbonyl (C=O) groups excluding carboxylic acids is 1. The van der Waals surface area contributed by atoms with Crippen molar-refractivity contribution in [3.05, 3.63) is 102 Å². The van der Waals surface area contributed by atoms with Crippen molar-refractivity contribution in [1.82, 2.24) is 20.3 Å². The van der Waals surface area contributed by atoms with Crippen molar-refractivity contribution >= 4 is 23.8 Å². The Hall–Kier alpha value is -5.07. The minimum atomic E-state index is -1.04. The number of nitrogens with zero attached hydrogens (tertiary/aromatic N) is 3. The molecular formula is C31H34N6O6. The van der Waals surface area contributed by atoms with Crippen LogP contribution in [0.5, 0.6) is 11.8 Å². The van der Waals surface area contributed by atoms with Gasteiger partial charge in [0.05, 0.1) is 26.4 Å². The monoisotopic (exact) mass is 586 g/mol. The standard InChI is InChI=1S/C31H34N6O6/c38-27(24-12-6-2-7-13-24)32-16-18-41-20-21-42-19-17-33-29-35-30(37-31(36-29)43-25-14-8-3-9-15-25)34-26(28(39)40)22-23-10-4-1-5-11-23/h1-15,26H,16-22H2,(H,32,38)(H,39,40)(H2,33,34,35,36,37)/t26-/m0/s1. The Morgan fingerprint density at radius 3 is 2.00 bits per heavy atom. The van der Waals surface area contributed by atoms with Crippen LogP contribution in [0.4, 0.5) is 11.9 Å². The van der Waals surface area contributed by atoms with Gasteiger partial charge in [0.2, 0.25) is 11.9 Å². The molecule has 43 heavy (non-hydrogen) atoms. The minimum Gasteiger partial charge on any atom is -0.480 e. The van der Waals surface area contributed by atoms with Crippen LogP contribution in [0.1, 0.15) is 15.9 Å². The quantitative estimate of drug-likeness (QED) is 0.126. The van der Waals surface area contributed by atoms with E-state index in [1.54, 1.807) is 24.3 Å². The van der Waals surface area contributed by atoms with Gasteiger partial charge in [-0.3, -0.25) is 4.79 Å². The van der Waals surface area contributed by atoms with E-state index in [4.69, 9.17) is 14.2 Å². The van der Waals surface area contributed by atoms with E-state index in [0.717, 1.165) is 5.56 Å². The highest BCUT2D eigenvalue weighted by Gasteiger charge is 2.20. The summed E-state index contributed by atoms with van der Waals surface area (Å²) in [4.78, 5) is 36.9. The van der Waals surface area contributed by atoms with E-state index in [-0.39, 0.29) is 30.2 Å². The maximum Gasteiger partial charge on any atom is 0.328 e. The summed E-state index contributed by atoms with van der Waals surface area (Å²) in [6, 6.07) is 26.3. The number of carboxylic acids is 1. The molecule has 4 N–H and O–H groups in total. The van der Waals surface area contributed by atoms with Crippen molar-refractivity contribution in [3.63, 3.8) is 0 Å². The number of rotatable bonds is 18. The number of aromatic nitrogens is 3. The van der Waals surface area contributed by atoms with Crippen LogP contribution in [0.2, 0.25) is 0 Å². The molecule has 12 nitrogen and oxygen atoms in total. The van der Waals surface area contributed by atoms with E-state index < -0.39 is 12.0 Å². The third-order valence-corrected chi connectivity index (χ3v) is 5.92. The van der Waals surface area contributed by atoms with E-state index in [2.05, 4.69) is 30.9 Å². The number of amides is 1. The highest BCUT2D eigenvalue weighted by atomic mass is 16.5. The molecule has 12 heteroatoms. The molecule has 0 saturated heterocycles. The first-order chi connectivity index (χ1) is 21.1. The SMILES string of the molecule is O=C(NCCOCCOCCNc1nc(N[C@@H](Cc2ccccc2)C(=O)O)nc(Oc2ccccc2)n1)c1ccccc1. The molecule has 0 fully saturated rings. The Labute approximate surface area is 249 Å². The van der Waals surface area contributed by atoms with E-state index in [1.807, 2.05) is 66.7 Å². The van der Waals surface area contributed by atoms with Crippen LogP contribution in [0.3, 0.4) is 0 Å². The molecular weight excluding hydrogens is 552 g/mol. The molecule has 4 aromatic rings. The van der Waals surface area contributed by atoms with Crippen LogP contribution >= 0.6 is 0 Å². The van der Waals surface area contributed by atoms with Gasteiger partial charge < -0.3 is 35.3 Å². The highest BCUT2D eigenvalue weighted by molar-refractivity contribution is 5.94. The zero-order valence-electron chi connectivity index (χ0n) is 23.5. The molecule has 224 valence electrons. The average Bonchev–Trinajstić information content (AvgIpc) is 3.03. The van der Waals surface area contributed by atoms with Crippen molar-refractivity contribution < 1.29 is 28.9 Å². The molecule has 1 heterocycles. The Bertz CT molecular complexity index is 1410. The number of hydrogen-bond acceptors (Lipinski definition) is 10. The second-order valence-electron chi connectivity index (χ2n) is 9.18. The summed E-state index contributed by atoms with van der Waals surface area (Å²) < 4.78 is 16.9. The topological polar surface area (TPSA) is 157 Å². The highest BCUT2D eigenvalue weighted by Crippen LogP contribution is 2.20. The lowest BCUT2D eigenvalue weighted by molar-refractivity contribution is -0.137. The molecule has 0 bridgehead atoms. The molecule has 0 unspecified atom stereocenters. The molecule has 0 aliphatic heterocycles. The first-order valence-electron chi connectivity index (χ1n) is 13.8. The van der Waals surface area contributed by atoms with Gasteiger partial charge >= 0.3 is 12.0 Å². The predicted octanol–water partition coefficient (Wildman–Crippen LogP) is 3.65. The fourth-order valence-corrected chi connectivity index (χ4v) is 3.83. The maximum absolute atomic E-state index is 12.0. The molecule has 3 aromatic carbocycles. The number of carboxylic acid groups (broad SMARTS) is 1. The normalized spacial score (nSPS) is 11.3. The number of para-hydroxylation sites is 1. The van der Waals surface area contributed by atoms with Gasteiger partial charge in [-0.25, -0.2) is 4.79 Å². The molecule has 1 amide bonds. The lowest BCUT2D eigenvalue weighted by Gasteiger charge is -2.16. The van der Waals surface area contributed by atoms with Crippen LogP contribution in [0, 0.1) is 0 Å². The van der Waals surface area contributed by atoms with Crippen LogP contribution < -0.4 is 20.7 Å². The molecule has 1 atom stereocenters. The Kier molecular flexibility index (Phi) is 12.2. The zero-order chi connectivity index (χ0) is 30.1. The smallest absolute Gasteiger partial charge is 0.328 e. The van der Waals surface area contributed by atoms with Crippen molar-refractivity contribution in [2.24, 2.45) is 0 Å². The summed E-state index contributed by atoms with van der Waals surface area (Å²) >= 11 is 0. The van der Waals surface area contributed by atoms with Crippen LogP contribution in [0.15, 0.2) is 91.0 Å². The number of hydrogen-bond donors (Lipinski definition) is 4. The van der Waals surface area contributed by atoms with Gasteiger partial charge in [-0.05, 0) is 29.8 Å². The summed E-state index contributed by atoms with van der Waals surface area (Å²) in [5.74, 6) is -0.414. The molecule has 0 spiro atoms. The first kappa shape index (κ1) is 30.9. The molecule has 0 aliphatic rings. The van der Waals surface area contributed by atoms with E-state index in [0.29, 0.717) is 50.8 Å². The summed E-state index contributed by atoms with van der Waals surface area (Å²) in [5, 5.41) is 18.6. The van der Waals surface area contributed by atoms with Crippen molar-refractivity contribution in [3.8, 4) is 11.8 Å². The minimum absolute atomic E-state index is 0.00345. The van der Waals surface area contributed by atoms with Gasteiger partial charge in [0, 0.05) is 25.1 Å². The van der Waals surface area contributed by atoms with Crippen LogP contribution in [-0.4, -0.2) is 77.5 Å². The number of carbonyl (C=O) groups is 2. The number of ether oxygens (including phenoxy) is 3. The fraction of sp³-hybridized carbons (Fsp3) is 0.258. The van der Waals surface area contributed by atoms with Gasteiger partial charge in [0.1, 0.15) is 11.8 Å². The summed E-state index contributed by atoms with van der Waals surface area (Å²) in [7, 11) is 0. The van der Waals surface area contributed by atoms with Gasteiger partial charge in [-0.1, -0.05) is 66.7 Å². The zero-order valence-corrected chi connectivity index (χ0v) is 23.5. The molecule has 1 aromatic heterocycles. The van der Waals surface area contributed by atoms with Crippen molar-refractivity contribution in [2.75, 3.05) is 50.2 Å². The van der Waals surface area contributed by atoms with Gasteiger partial charge in [-0.15, -0.1) is 0 Å². The summed E-state index contributed by atoms with van der Waals surface area (Å²) in [6.07, 6.45) is 0.231. The predicted molar refractivity (Wildman–Crippen MR) is 160 cm³/mol. The van der Waals surface area contributed by atoms with E-state index in [9.17, 15) is 14.7 Å². The lowest BCUT2D eigenvalue weighted by Crippen LogP contribution is -2.32. The molecule has 0 aliphatic carbocycles. The Morgan fingerprint density at radius 2 is 1.33 bits per heavy atom. The van der Waals surface area contributed by atoms with Gasteiger partial charge in [-0.2, -0.15) is 15.0 Å².